The Morgan fingerprint density at radius 3 is 2.81 bits per heavy atom. The fourth-order valence-electron chi connectivity index (χ4n) is 3.31. The lowest BCUT2D eigenvalue weighted by Crippen LogP contribution is -2.36. The Morgan fingerprint density at radius 2 is 2.04 bits per heavy atom. The van der Waals surface area contributed by atoms with Gasteiger partial charge in [-0.3, -0.25) is 9.59 Å². The van der Waals surface area contributed by atoms with Gasteiger partial charge in [0.1, 0.15) is 5.82 Å². The molecule has 6 heteroatoms. The second kappa shape index (κ2) is 7.07. The molecule has 0 saturated carbocycles. The predicted octanol–water partition coefficient (Wildman–Crippen LogP) is 3.46. The Bertz CT molecular complexity index is 994. The zero-order valence-corrected chi connectivity index (χ0v) is 15.0. The maximum Gasteiger partial charge on any atom is 0.231 e. The van der Waals surface area contributed by atoms with Gasteiger partial charge in [-0.15, -0.1) is 0 Å². The van der Waals surface area contributed by atoms with E-state index in [1.807, 2.05) is 61.5 Å². The van der Waals surface area contributed by atoms with Crippen molar-refractivity contribution in [3.05, 3.63) is 66.4 Å². The number of hydrogen-bond donors (Lipinski definition) is 2. The van der Waals surface area contributed by atoms with Gasteiger partial charge in [-0.2, -0.15) is 5.10 Å². The van der Waals surface area contributed by atoms with E-state index in [9.17, 15) is 9.59 Å². The number of aromatic nitrogens is 2. The van der Waals surface area contributed by atoms with Gasteiger partial charge in [0.05, 0.1) is 18.7 Å². The molecule has 0 saturated heterocycles. The summed E-state index contributed by atoms with van der Waals surface area (Å²) in [6.45, 7) is 2.35. The first-order valence-electron chi connectivity index (χ1n) is 8.89. The molecule has 2 aromatic carbocycles. The standard InChI is InChI=1S/C21H20N4O2/c1-14-6-5-9-17(10-14)23-19(26)11-16-13-25-20(24-21(16)27)18(12-22-25)15-7-3-2-4-8-15/h2-10,12,16H,11,13H2,1H3,(H,23,26)(H,24,27)/t16-/m0/s1. The van der Waals surface area contributed by atoms with Gasteiger partial charge in [-0.05, 0) is 30.2 Å². The van der Waals surface area contributed by atoms with Crippen molar-refractivity contribution in [3.63, 3.8) is 0 Å². The summed E-state index contributed by atoms with van der Waals surface area (Å²) >= 11 is 0. The maximum atomic E-state index is 12.5. The van der Waals surface area contributed by atoms with Gasteiger partial charge in [-0.1, -0.05) is 42.5 Å². The number of nitrogens with zero attached hydrogens (tertiary/aromatic N) is 2. The van der Waals surface area contributed by atoms with Crippen molar-refractivity contribution in [1.29, 1.82) is 0 Å². The van der Waals surface area contributed by atoms with Gasteiger partial charge in [0.25, 0.3) is 0 Å². The molecule has 136 valence electrons. The highest BCUT2D eigenvalue weighted by molar-refractivity contribution is 6.00. The van der Waals surface area contributed by atoms with Crippen LogP contribution in [0.3, 0.4) is 0 Å². The normalized spacial score (nSPS) is 15.7. The van der Waals surface area contributed by atoms with Crippen LogP contribution in [0.15, 0.2) is 60.8 Å². The Morgan fingerprint density at radius 1 is 1.22 bits per heavy atom. The number of hydrogen-bond acceptors (Lipinski definition) is 3. The minimum Gasteiger partial charge on any atom is -0.326 e. The van der Waals surface area contributed by atoms with E-state index in [1.165, 1.54) is 0 Å². The highest BCUT2D eigenvalue weighted by Gasteiger charge is 2.30. The summed E-state index contributed by atoms with van der Waals surface area (Å²) in [5.74, 6) is -0.105. The lowest BCUT2D eigenvalue weighted by Gasteiger charge is -2.24. The highest BCUT2D eigenvalue weighted by Crippen LogP contribution is 2.31. The first kappa shape index (κ1) is 17.0. The first-order chi connectivity index (χ1) is 13.1. The fourth-order valence-corrected chi connectivity index (χ4v) is 3.31. The van der Waals surface area contributed by atoms with E-state index in [0.29, 0.717) is 12.4 Å². The molecule has 1 aromatic heterocycles. The largest absolute Gasteiger partial charge is 0.326 e. The molecule has 0 spiro atoms. The van der Waals surface area contributed by atoms with Crippen molar-refractivity contribution in [2.45, 2.75) is 19.9 Å². The topological polar surface area (TPSA) is 76.0 Å². The number of carbonyl (C=O) groups excluding carboxylic acids is 2. The minimum absolute atomic E-state index is 0.111. The van der Waals surface area contributed by atoms with Crippen molar-refractivity contribution in [2.75, 3.05) is 10.6 Å². The molecule has 3 aromatic rings. The average molecular weight is 360 g/mol. The number of rotatable bonds is 4. The fraction of sp³-hybridized carbons (Fsp3) is 0.190. The van der Waals surface area contributed by atoms with Crippen LogP contribution in [0.25, 0.3) is 11.1 Å². The van der Waals surface area contributed by atoms with Gasteiger partial charge in [0.15, 0.2) is 0 Å². The van der Waals surface area contributed by atoms with Crippen LogP contribution >= 0.6 is 0 Å². The summed E-state index contributed by atoms with van der Waals surface area (Å²) in [5, 5.41) is 10.2. The Balaban J connectivity index is 1.47. The number of fused-ring (bicyclic) bond motifs is 1. The predicted molar refractivity (Wildman–Crippen MR) is 104 cm³/mol. The second-order valence-corrected chi connectivity index (χ2v) is 6.76. The molecule has 0 aliphatic carbocycles. The minimum atomic E-state index is -0.453. The van der Waals surface area contributed by atoms with Gasteiger partial charge in [0.2, 0.25) is 11.8 Å². The maximum absolute atomic E-state index is 12.5. The third kappa shape index (κ3) is 3.60. The van der Waals surface area contributed by atoms with Crippen molar-refractivity contribution in [2.24, 2.45) is 5.92 Å². The summed E-state index contributed by atoms with van der Waals surface area (Å²) in [7, 11) is 0. The second-order valence-electron chi connectivity index (χ2n) is 6.76. The van der Waals surface area contributed by atoms with Gasteiger partial charge in [-0.25, -0.2) is 4.68 Å². The Labute approximate surface area is 157 Å². The summed E-state index contributed by atoms with van der Waals surface area (Å²) in [6.07, 6.45) is 1.86. The summed E-state index contributed by atoms with van der Waals surface area (Å²) in [4.78, 5) is 24.9. The molecule has 0 radical (unpaired) electrons. The number of aryl methyl sites for hydroxylation is 1. The number of amides is 2. The van der Waals surface area contributed by atoms with Gasteiger partial charge < -0.3 is 10.6 Å². The molecular formula is C21H20N4O2. The van der Waals surface area contributed by atoms with Gasteiger partial charge >= 0.3 is 0 Å². The van der Waals surface area contributed by atoms with E-state index in [0.717, 1.165) is 22.4 Å². The lowest BCUT2D eigenvalue weighted by atomic mass is 10.0. The monoisotopic (exact) mass is 360 g/mol. The average Bonchev–Trinajstić information content (AvgIpc) is 3.05. The van der Waals surface area contributed by atoms with E-state index in [1.54, 1.807) is 10.9 Å². The van der Waals surface area contributed by atoms with Crippen LogP contribution in [-0.2, 0) is 16.1 Å². The highest BCUT2D eigenvalue weighted by atomic mass is 16.2. The van der Waals surface area contributed by atoms with Crippen LogP contribution in [0.5, 0.6) is 0 Å². The molecule has 2 N–H and O–H groups in total. The first-order valence-corrected chi connectivity index (χ1v) is 8.89. The molecule has 0 unspecified atom stereocenters. The summed E-state index contributed by atoms with van der Waals surface area (Å²) in [6, 6.07) is 17.4. The molecule has 4 rings (SSSR count). The molecule has 1 aliphatic rings. The van der Waals surface area contributed by atoms with Crippen LogP contribution in [-0.4, -0.2) is 21.6 Å². The third-order valence-corrected chi connectivity index (χ3v) is 4.66. The van der Waals surface area contributed by atoms with E-state index < -0.39 is 5.92 Å². The van der Waals surface area contributed by atoms with Crippen LogP contribution in [0.2, 0.25) is 0 Å². The Kier molecular flexibility index (Phi) is 4.46. The van der Waals surface area contributed by atoms with E-state index in [-0.39, 0.29) is 18.2 Å². The van der Waals surface area contributed by atoms with Crippen molar-refractivity contribution in [3.8, 4) is 11.1 Å². The summed E-state index contributed by atoms with van der Waals surface area (Å²) < 4.78 is 1.76. The molecule has 27 heavy (non-hydrogen) atoms. The number of anilines is 2. The molecule has 2 heterocycles. The zero-order chi connectivity index (χ0) is 18.8. The molecule has 1 aliphatic heterocycles. The number of benzene rings is 2. The van der Waals surface area contributed by atoms with Crippen LogP contribution < -0.4 is 10.6 Å². The molecular weight excluding hydrogens is 340 g/mol. The zero-order valence-electron chi connectivity index (χ0n) is 15.0. The van der Waals surface area contributed by atoms with Crippen molar-refractivity contribution >= 4 is 23.3 Å². The molecule has 6 nitrogen and oxygen atoms in total. The smallest absolute Gasteiger partial charge is 0.231 e. The third-order valence-electron chi connectivity index (χ3n) is 4.66. The molecule has 0 bridgehead atoms. The quantitative estimate of drug-likeness (QED) is 0.748. The summed E-state index contributed by atoms with van der Waals surface area (Å²) in [5.41, 5.74) is 3.68. The SMILES string of the molecule is Cc1cccc(NC(=O)C[C@H]2Cn3ncc(-c4ccccc4)c3NC2=O)c1. The van der Waals surface area contributed by atoms with Crippen LogP contribution in [0.1, 0.15) is 12.0 Å². The van der Waals surface area contributed by atoms with Crippen molar-refractivity contribution in [1.82, 2.24) is 9.78 Å². The number of nitrogens with one attached hydrogen (secondary N) is 2. The molecule has 0 fully saturated rings. The van der Waals surface area contributed by atoms with E-state index >= 15 is 0 Å². The number of carbonyl (C=O) groups is 2. The van der Waals surface area contributed by atoms with E-state index in [4.69, 9.17) is 0 Å². The molecule has 2 amide bonds. The van der Waals surface area contributed by atoms with Gasteiger partial charge in [0, 0.05) is 17.7 Å². The van der Waals surface area contributed by atoms with Crippen molar-refractivity contribution < 1.29 is 9.59 Å². The molecule has 1 atom stereocenters. The van der Waals surface area contributed by atoms with Crippen LogP contribution in [0, 0.1) is 12.8 Å². The Hall–Kier alpha value is -3.41. The lowest BCUT2D eigenvalue weighted by molar-refractivity contribution is -0.125. The van der Waals surface area contributed by atoms with Crippen LogP contribution in [0.4, 0.5) is 11.5 Å². The van der Waals surface area contributed by atoms with E-state index in [2.05, 4.69) is 15.7 Å².